The first-order valence-electron chi connectivity index (χ1n) is 8.52. The van der Waals surface area contributed by atoms with E-state index in [1.165, 1.54) is 12.0 Å². The maximum Gasteiger partial charge on any atom is 0.306 e. The highest BCUT2D eigenvalue weighted by molar-refractivity contribution is 5.91. The molecule has 1 saturated heterocycles. The van der Waals surface area contributed by atoms with Crippen molar-refractivity contribution in [3.8, 4) is 0 Å². The lowest BCUT2D eigenvalue weighted by Gasteiger charge is -2.55. The minimum absolute atomic E-state index is 0.00754. The van der Waals surface area contributed by atoms with E-state index in [0.717, 1.165) is 38.5 Å². The van der Waals surface area contributed by atoms with Gasteiger partial charge in [0.25, 0.3) is 0 Å². The van der Waals surface area contributed by atoms with Gasteiger partial charge in [-0.3, -0.25) is 9.59 Å². The minimum atomic E-state index is -0.220. The van der Waals surface area contributed by atoms with E-state index in [9.17, 15) is 9.59 Å². The number of allylic oxidation sites excluding steroid dienone is 2. The van der Waals surface area contributed by atoms with Gasteiger partial charge < -0.3 is 4.74 Å². The van der Waals surface area contributed by atoms with Crippen LogP contribution in [0.3, 0.4) is 0 Å². The topological polar surface area (TPSA) is 43.4 Å². The Morgan fingerprint density at radius 3 is 2.76 bits per heavy atom. The van der Waals surface area contributed by atoms with Crippen LogP contribution < -0.4 is 0 Å². The lowest BCUT2D eigenvalue weighted by molar-refractivity contribution is -0.191. The van der Waals surface area contributed by atoms with Gasteiger partial charge in [-0.1, -0.05) is 5.57 Å². The summed E-state index contributed by atoms with van der Waals surface area (Å²) in [5.41, 5.74) is 1.20. The second kappa shape index (κ2) is 4.69. The number of hydrogen-bond donors (Lipinski definition) is 0. The van der Waals surface area contributed by atoms with Crippen LogP contribution in [0.1, 0.15) is 58.3 Å². The van der Waals surface area contributed by atoms with Gasteiger partial charge in [-0.2, -0.15) is 0 Å². The van der Waals surface area contributed by atoms with Crippen molar-refractivity contribution in [2.75, 3.05) is 0 Å². The van der Waals surface area contributed by atoms with Gasteiger partial charge in [0, 0.05) is 18.8 Å². The van der Waals surface area contributed by atoms with Crippen LogP contribution in [0.5, 0.6) is 0 Å². The highest BCUT2D eigenvalue weighted by atomic mass is 16.6. The Bertz CT molecular complexity index is 521. The van der Waals surface area contributed by atoms with Crippen LogP contribution in [-0.4, -0.2) is 17.4 Å². The van der Waals surface area contributed by atoms with E-state index in [1.807, 2.05) is 6.08 Å². The van der Waals surface area contributed by atoms with Crippen LogP contribution in [0.25, 0.3) is 0 Å². The number of esters is 1. The molecule has 5 atom stereocenters. The molecule has 3 heteroatoms. The normalized spacial score (nSPS) is 45.9. The molecule has 0 radical (unpaired) electrons. The molecular weight excluding hydrogens is 264 g/mol. The summed E-state index contributed by atoms with van der Waals surface area (Å²) >= 11 is 0. The number of carbonyl (C=O) groups excluding carboxylic acids is 2. The molecule has 0 aromatic rings. The summed E-state index contributed by atoms with van der Waals surface area (Å²) < 4.78 is 5.77. The number of rotatable bonds is 0. The highest BCUT2D eigenvalue weighted by Crippen LogP contribution is 2.56. The molecule has 0 unspecified atom stereocenters. The third kappa shape index (κ3) is 2.08. The molecule has 114 valence electrons. The Hall–Kier alpha value is -1.12. The fraction of sp³-hybridized carbons (Fsp3) is 0.778. The summed E-state index contributed by atoms with van der Waals surface area (Å²) in [4.78, 5) is 23.3. The number of fused-ring (bicyclic) bond motifs is 5. The minimum Gasteiger partial charge on any atom is -0.459 e. The molecule has 0 aromatic heterocycles. The largest absolute Gasteiger partial charge is 0.459 e. The van der Waals surface area contributed by atoms with Crippen LogP contribution in [0.4, 0.5) is 0 Å². The molecule has 0 N–H and O–H groups in total. The molecule has 3 aliphatic carbocycles. The quantitative estimate of drug-likeness (QED) is 0.641. The van der Waals surface area contributed by atoms with Gasteiger partial charge in [0.2, 0.25) is 0 Å². The first kappa shape index (κ1) is 13.5. The summed E-state index contributed by atoms with van der Waals surface area (Å²) in [6, 6.07) is 0. The van der Waals surface area contributed by atoms with Crippen LogP contribution in [0, 0.1) is 23.7 Å². The number of hydrogen-bond acceptors (Lipinski definition) is 3. The van der Waals surface area contributed by atoms with Crippen molar-refractivity contribution < 1.29 is 14.3 Å². The summed E-state index contributed by atoms with van der Waals surface area (Å²) in [6.07, 6.45) is 9.73. The van der Waals surface area contributed by atoms with E-state index in [-0.39, 0.29) is 11.6 Å². The molecule has 4 aliphatic rings. The lowest BCUT2D eigenvalue weighted by Crippen LogP contribution is -2.54. The van der Waals surface area contributed by atoms with Gasteiger partial charge in [0.1, 0.15) is 5.60 Å². The number of ether oxygens (including phenoxy) is 1. The first-order valence-corrected chi connectivity index (χ1v) is 8.52. The van der Waals surface area contributed by atoms with Crippen LogP contribution in [0.15, 0.2) is 11.6 Å². The maximum atomic E-state index is 11.7. The summed E-state index contributed by atoms with van der Waals surface area (Å²) in [6.45, 7) is 2.15. The molecule has 0 spiro atoms. The average Bonchev–Trinajstić information content (AvgIpc) is 2.45. The van der Waals surface area contributed by atoms with Crippen LogP contribution in [-0.2, 0) is 14.3 Å². The van der Waals surface area contributed by atoms with Gasteiger partial charge in [0.05, 0.1) is 0 Å². The third-order valence-corrected chi connectivity index (χ3v) is 6.64. The molecule has 1 heterocycles. The zero-order valence-electron chi connectivity index (χ0n) is 12.8. The highest BCUT2D eigenvalue weighted by Gasteiger charge is 2.54. The molecule has 0 amide bonds. The molecule has 3 fully saturated rings. The smallest absolute Gasteiger partial charge is 0.306 e. The van der Waals surface area contributed by atoms with Gasteiger partial charge >= 0.3 is 5.97 Å². The molecule has 21 heavy (non-hydrogen) atoms. The van der Waals surface area contributed by atoms with Crippen LogP contribution >= 0.6 is 0 Å². The molecule has 2 saturated carbocycles. The van der Waals surface area contributed by atoms with Crippen molar-refractivity contribution in [2.24, 2.45) is 23.7 Å². The zero-order chi connectivity index (χ0) is 14.6. The predicted molar refractivity (Wildman–Crippen MR) is 78.5 cm³/mol. The van der Waals surface area contributed by atoms with E-state index in [1.54, 1.807) is 0 Å². The Morgan fingerprint density at radius 1 is 1.05 bits per heavy atom. The predicted octanol–water partition coefficient (Wildman–Crippen LogP) is 3.42. The zero-order valence-corrected chi connectivity index (χ0v) is 12.8. The number of ketones is 1. The van der Waals surface area contributed by atoms with Gasteiger partial charge in [-0.25, -0.2) is 0 Å². The Kier molecular flexibility index (Phi) is 3.02. The van der Waals surface area contributed by atoms with Crippen LogP contribution in [0.2, 0.25) is 0 Å². The maximum absolute atomic E-state index is 11.7. The summed E-state index contributed by atoms with van der Waals surface area (Å²) in [5, 5.41) is 0. The lowest BCUT2D eigenvalue weighted by atomic mass is 9.53. The van der Waals surface area contributed by atoms with E-state index >= 15 is 0 Å². The Morgan fingerprint density at radius 2 is 1.90 bits per heavy atom. The molecular formula is C18H24O3. The summed E-state index contributed by atoms with van der Waals surface area (Å²) in [5.74, 6) is 2.88. The second-order valence-corrected chi connectivity index (χ2v) is 7.67. The SMILES string of the molecule is C[C@]12CC[C@H]3[C@@H](CCC4=CC(=O)CC[C@@H]43)[C@@H]1CCC(=O)O2. The van der Waals surface area contributed by atoms with E-state index in [4.69, 9.17) is 4.74 Å². The van der Waals surface area contributed by atoms with Crippen molar-refractivity contribution in [2.45, 2.75) is 63.9 Å². The fourth-order valence-electron chi connectivity index (χ4n) is 5.70. The van der Waals surface area contributed by atoms with Crippen molar-refractivity contribution in [3.63, 3.8) is 0 Å². The monoisotopic (exact) mass is 288 g/mol. The second-order valence-electron chi connectivity index (χ2n) is 7.67. The van der Waals surface area contributed by atoms with E-state index < -0.39 is 0 Å². The molecule has 0 aromatic carbocycles. The van der Waals surface area contributed by atoms with Gasteiger partial charge in [-0.05, 0) is 69.3 Å². The number of carbonyl (C=O) groups is 2. The average molecular weight is 288 g/mol. The Labute approximate surface area is 126 Å². The fourth-order valence-corrected chi connectivity index (χ4v) is 5.70. The van der Waals surface area contributed by atoms with E-state index in [2.05, 4.69) is 6.92 Å². The first-order chi connectivity index (χ1) is 10.1. The van der Waals surface area contributed by atoms with Gasteiger partial charge in [0.15, 0.2) is 5.78 Å². The van der Waals surface area contributed by atoms with Crippen molar-refractivity contribution in [3.05, 3.63) is 11.6 Å². The van der Waals surface area contributed by atoms with Crippen molar-refractivity contribution in [1.82, 2.24) is 0 Å². The molecule has 1 aliphatic heterocycles. The molecule has 0 bridgehead atoms. The van der Waals surface area contributed by atoms with Crippen molar-refractivity contribution in [1.29, 1.82) is 0 Å². The van der Waals surface area contributed by atoms with Gasteiger partial charge in [-0.15, -0.1) is 0 Å². The third-order valence-electron chi connectivity index (χ3n) is 6.64. The standard InChI is InChI=1S/C18H24O3/c1-18-9-8-14-13-5-3-12(19)10-11(13)2-4-15(14)16(18)6-7-17(20)21-18/h10,13-16H,2-9H2,1H3/t13-,14+,15+,16-,18-/m0/s1. The molecule has 3 nitrogen and oxygen atoms in total. The van der Waals surface area contributed by atoms with E-state index in [0.29, 0.717) is 35.9 Å². The Balaban J connectivity index is 1.61. The van der Waals surface area contributed by atoms with Crippen molar-refractivity contribution >= 4 is 11.8 Å². The summed E-state index contributed by atoms with van der Waals surface area (Å²) in [7, 11) is 0. The molecule has 4 rings (SSSR count).